The second kappa shape index (κ2) is 11.8. The van der Waals surface area contributed by atoms with E-state index in [1.54, 1.807) is 0 Å². The molecule has 6 rings (SSSR count). The minimum atomic E-state index is -2.51. The third kappa shape index (κ3) is 5.12. The molecule has 0 saturated carbocycles. The SMILES string of the molecule is O=C1C=CC(=O)N1c1cccc(Oc2c(F)c(F)c(-c3c(F)c(F)c(Oc4cccc(N5C(=O)C=CC5=O)c4)c(F)c3F)c(F)c2F)c1. The highest BCUT2D eigenvalue weighted by molar-refractivity contribution is 6.28. The first-order valence-electron chi connectivity index (χ1n) is 13.2. The number of anilines is 2. The maximum atomic E-state index is 15.2. The lowest BCUT2D eigenvalue weighted by atomic mass is 10.0. The first kappa shape index (κ1) is 31.7. The van der Waals surface area contributed by atoms with E-state index in [1.807, 2.05) is 0 Å². The molecule has 0 bridgehead atoms. The van der Waals surface area contributed by atoms with Gasteiger partial charge in [0, 0.05) is 36.4 Å². The van der Waals surface area contributed by atoms with Gasteiger partial charge in [-0.3, -0.25) is 19.2 Å². The van der Waals surface area contributed by atoms with Crippen LogP contribution in [0.1, 0.15) is 0 Å². The van der Waals surface area contributed by atoms with Gasteiger partial charge in [-0.05, 0) is 24.3 Å². The van der Waals surface area contributed by atoms with Crippen molar-refractivity contribution in [3.63, 3.8) is 0 Å². The van der Waals surface area contributed by atoms with Crippen LogP contribution in [0.5, 0.6) is 23.0 Å². The fourth-order valence-corrected chi connectivity index (χ4v) is 4.76. The quantitative estimate of drug-likeness (QED) is 0.120. The van der Waals surface area contributed by atoms with Crippen LogP contribution in [0.3, 0.4) is 0 Å². The minimum Gasteiger partial charge on any atom is -0.451 e. The van der Waals surface area contributed by atoms with E-state index in [4.69, 9.17) is 9.47 Å². The van der Waals surface area contributed by atoms with Crippen molar-refractivity contribution in [2.75, 3.05) is 9.80 Å². The maximum absolute atomic E-state index is 15.2. The largest absolute Gasteiger partial charge is 0.451 e. The van der Waals surface area contributed by atoms with E-state index >= 15 is 35.1 Å². The number of halogens is 8. The van der Waals surface area contributed by atoms with Crippen LogP contribution in [-0.2, 0) is 19.2 Å². The van der Waals surface area contributed by atoms with Crippen molar-refractivity contribution in [2.45, 2.75) is 0 Å². The molecular weight excluding hydrogens is 660 g/mol. The van der Waals surface area contributed by atoms with Crippen LogP contribution in [0.15, 0.2) is 72.8 Å². The van der Waals surface area contributed by atoms with Gasteiger partial charge in [-0.15, -0.1) is 0 Å². The minimum absolute atomic E-state index is 0.162. The van der Waals surface area contributed by atoms with Gasteiger partial charge in [0.15, 0.2) is 23.3 Å². The van der Waals surface area contributed by atoms with Crippen molar-refractivity contribution in [1.82, 2.24) is 0 Å². The summed E-state index contributed by atoms with van der Waals surface area (Å²) in [5, 5.41) is 0. The molecule has 242 valence electrons. The molecule has 0 N–H and O–H groups in total. The standard InChI is InChI=1S/C32H12F8N2O6/c33-23-21(24(34)28(38)31(27(23)37)47-15-5-1-3-13(11-15)41-17(43)7-8-18(41)44)22-25(35)29(39)32(30(40)26(22)36)48-16-6-2-4-14(12-16)42-19(45)9-10-20(42)46/h1-12H. The van der Waals surface area contributed by atoms with Crippen LogP contribution in [-0.4, -0.2) is 23.6 Å². The molecule has 8 nitrogen and oxygen atoms in total. The fraction of sp³-hybridized carbons (Fsp3) is 0. The molecule has 0 unspecified atom stereocenters. The summed E-state index contributed by atoms with van der Waals surface area (Å²) in [5.41, 5.74) is -4.68. The number of carbonyl (C=O) groups excluding carboxylic acids is 4. The molecule has 2 aliphatic rings. The average molecular weight is 672 g/mol. The summed E-state index contributed by atoms with van der Waals surface area (Å²) in [6, 6.07) is 8.58. The average Bonchev–Trinajstić information content (AvgIpc) is 3.59. The summed E-state index contributed by atoms with van der Waals surface area (Å²) >= 11 is 0. The summed E-state index contributed by atoms with van der Waals surface area (Å²) in [6.45, 7) is 0. The molecule has 2 heterocycles. The summed E-state index contributed by atoms with van der Waals surface area (Å²) in [4.78, 5) is 49.0. The number of nitrogens with zero attached hydrogens (tertiary/aromatic N) is 2. The first-order chi connectivity index (χ1) is 22.8. The molecule has 4 aromatic rings. The molecule has 0 atom stereocenters. The summed E-state index contributed by atoms with van der Waals surface area (Å²) < 4.78 is 131. The van der Waals surface area contributed by atoms with Crippen molar-refractivity contribution in [3.05, 3.63) is 119 Å². The highest BCUT2D eigenvalue weighted by atomic mass is 19.2. The number of rotatable bonds is 7. The van der Waals surface area contributed by atoms with Gasteiger partial charge in [-0.25, -0.2) is 27.4 Å². The molecular formula is C32H12F8N2O6. The Morgan fingerprint density at radius 2 is 0.708 bits per heavy atom. The van der Waals surface area contributed by atoms with Gasteiger partial charge in [-0.2, -0.15) is 17.6 Å². The molecule has 4 amide bonds. The van der Waals surface area contributed by atoms with Crippen LogP contribution >= 0.6 is 0 Å². The van der Waals surface area contributed by atoms with E-state index in [-0.39, 0.29) is 11.4 Å². The van der Waals surface area contributed by atoms with Gasteiger partial charge in [0.1, 0.15) is 11.5 Å². The second-order valence-electron chi connectivity index (χ2n) is 9.81. The summed E-state index contributed by atoms with van der Waals surface area (Å²) in [7, 11) is 0. The zero-order valence-electron chi connectivity index (χ0n) is 23.3. The van der Waals surface area contributed by atoms with E-state index in [1.165, 1.54) is 12.1 Å². The number of hydrogen-bond acceptors (Lipinski definition) is 6. The lowest BCUT2D eigenvalue weighted by molar-refractivity contribution is -0.121. The number of amides is 4. The Morgan fingerprint density at radius 1 is 0.417 bits per heavy atom. The Hall–Kier alpha value is -6.32. The third-order valence-corrected chi connectivity index (χ3v) is 6.91. The van der Waals surface area contributed by atoms with Gasteiger partial charge in [0.05, 0.1) is 22.5 Å². The first-order valence-corrected chi connectivity index (χ1v) is 13.2. The summed E-state index contributed by atoms with van der Waals surface area (Å²) in [5.74, 6) is -27.3. The predicted octanol–water partition coefficient (Wildman–Crippen LogP) is 6.91. The molecule has 48 heavy (non-hydrogen) atoms. The predicted molar refractivity (Wildman–Crippen MR) is 148 cm³/mol. The van der Waals surface area contributed by atoms with Crippen LogP contribution < -0.4 is 19.3 Å². The van der Waals surface area contributed by atoms with Crippen LogP contribution in [0.25, 0.3) is 11.1 Å². The fourth-order valence-electron chi connectivity index (χ4n) is 4.76. The van der Waals surface area contributed by atoms with Crippen molar-refractivity contribution in [3.8, 4) is 34.1 Å². The van der Waals surface area contributed by atoms with E-state index in [9.17, 15) is 19.2 Å². The molecule has 2 aliphatic heterocycles. The Morgan fingerprint density at radius 3 is 1.00 bits per heavy atom. The van der Waals surface area contributed by atoms with E-state index in [2.05, 4.69) is 0 Å². The molecule has 16 heteroatoms. The monoisotopic (exact) mass is 672 g/mol. The number of ether oxygens (including phenoxy) is 2. The topological polar surface area (TPSA) is 93.2 Å². The van der Waals surface area contributed by atoms with Crippen molar-refractivity contribution >= 4 is 35.0 Å². The van der Waals surface area contributed by atoms with Gasteiger partial charge in [0.2, 0.25) is 34.8 Å². The third-order valence-electron chi connectivity index (χ3n) is 6.91. The molecule has 4 aromatic carbocycles. The van der Waals surface area contributed by atoms with Gasteiger partial charge >= 0.3 is 0 Å². The van der Waals surface area contributed by atoms with Gasteiger partial charge in [-0.1, -0.05) is 12.1 Å². The van der Waals surface area contributed by atoms with Crippen LogP contribution in [0, 0.1) is 46.5 Å². The number of imide groups is 2. The zero-order valence-corrected chi connectivity index (χ0v) is 23.3. The normalized spacial score (nSPS) is 14.2. The Kier molecular flexibility index (Phi) is 7.78. The second-order valence-corrected chi connectivity index (χ2v) is 9.81. The van der Waals surface area contributed by atoms with Gasteiger partial charge < -0.3 is 9.47 Å². The van der Waals surface area contributed by atoms with E-state index < -0.39 is 104 Å². The lowest BCUT2D eigenvalue weighted by Gasteiger charge is -2.18. The maximum Gasteiger partial charge on any atom is 0.258 e. The van der Waals surface area contributed by atoms with Crippen molar-refractivity contribution < 1.29 is 63.8 Å². The number of carbonyl (C=O) groups is 4. The zero-order chi connectivity index (χ0) is 34.6. The Labute approximate surface area is 262 Å². The Balaban J connectivity index is 1.36. The molecule has 0 radical (unpaired) electrons. The van der Waals surface area contributed by atoms with Gasteiger partial charge in [0.25, 0.3) is 23.6 Å². The number of hydrogen-bond donors (Lipinski definition) is 0. The number of benzene rings is 4. The summed E-state index contributed by atoms with van der Waals surface area (Å²) in [6.07, 6.45) is 3.72. The molecule has 0 saturated heterocycles. The lowest BCUT2D eigenvalue weighted by Crippen LogP contribution is -2.29. The highest BCUT2D eigenvalue weighted by Gasteiger charge is 2.36. The molecule has 0 spiro atoms. The molecule has 0 aromatic heterocycles. The van der Waals surface area contributed by atoms with E-state index in [0.717, 1.165) is 60.7 Å². The smallest absolute Gasteiger partial charge is 0.258 e. The molecule has 0 aliphatic carbocycles. The highest BCUT2D eigenvalue weighted by Crippen LogP contribution is 2.43. The van der Waals surface area contributed by atoms with Crippen molar-refractivity contribution in [2.24, 2.45) is 0 Å². The van der Waals surface area contributed by atoms with Crippen LogP contribution in [0.4, 0.5) is 46.5 Å². The Bertz CT molecular complexity index is 1940. The van der Waals surface area contributed by atoms with Crippen molar-refractivity contribution in [1.29, 1.82) is 0 Å². The van der Waals surface area contributed by atoms with E-state index in [0.29, 0.717) is 9.80 Å². The molecule has 0 fully saturated rings. The van der Waals surface area contributed by atoms with Crippen LogP contribution in [0.2, 0.25) is 0 Å².